The van der Waals surface area contributed by atoms with Gasteiger partial charge in [0, 0.05) is 13.1 Å². The molecule has 3 rings (SSSR count). The number of carbonyl (C=O) groups is 2. The fourth-order valence-corrected chi connectivity index (χ4v) is 2.99. The van der Waals surface area contributed by atoms with E-state index in [1.807, 2.05) is 4.90 Å². The number of anilines is 2. The fourth-order valence-electron chi connectivity index (χ4n) is 2.99. The molecule has 2 aliphatic heterocycles. The van der Waals surface area contributed by atoms with Crippen LogP contribution in [0.3, 0.4) is 0 Å². The van der Waals surface area contributed by atoms with Crippen molar-refractivity contribution in [3.05, 3.63) is 12.1 Å². The Hall–Kier alpha value is -2.31. The number of fused-ring (bicyclic) bond motifs is 1. The van der Waals surface area contributed by atoms with Crippen LogP contribution in [-0.2, 0) is 9.59 Å². The van der Waals surface area contributed by atoms with E-state index in [9.17, 15) is 9.59 Å². The number of pyridine rings is 1. The zero-order valence-corrected chi connectivity index (χ0v) is 13.5. The molecule has 0 aliphatic carbocycles. The number of nitrogens with two attached hydrogens (primary N) is 1. The summed E-state index contributed by atoms with van der Waals surface area (Å²) in [5.74, 6) is 0.726. The van der Waals surface area contributed by atoms with Crippen LogP contribution in [0.25, 0.3) is 0 Å². The van der Waals surface area contributed by atoms with Gasteiger partial charge in [-0.05, 0) is 45.2 Å². The molecule has 1 fully saturated rings. The Labute approximate surface area is 135 Å². The molecule has 0 atom stereocenters. The molecule has 1 saturated heterocycles. The molecule has 2 N–H and O–H groups in total. The first-order valence-corrected chi connectivity index (χ1v) is 7.94. The lowest BCUT2D eigenvalue weighted by molar-refractivity contribution is -0.137. The summed E-state index contributed by atoms with van der Waals surface area (Å²) < 4.78 is 5.71. The van der Waals surface area contributed by atoms with Gasteiger partial charge in [-0.2, -0.15) is 0 Å². The third-order valence-corrected chi connectivity index (χ3v) is 4.24. The van der Waals surface area contributed by atoms with Crippen LogP contribution in [0.15, 0.2) is 12.1 Å². The van der Waals surface area contributed by atoms with Crippen molar-refractivity contribution in [2.24, 2.45) is 0 Å². The molecular weight excluding hydrogens is 296 g/mol. The first kappa shape index (κ1) is 15.6. The Balaban J connectivity index is 1.88. The molecule has 1 aromatic rings. The summed E-state index contributed by atoms with van der Waals surface area (Å²) in [5, 5.41) is 0. The van der Waals surface area contributed by atoms with Crippen molar-refractivity contribution in [3.8, 4) is 5.75 Å². The monoisotopic (exact) mass is 318 g/mol. The largest absolute Gasteiger partial charge is 0.474 e. The highest BCUT2D eigenvalue weighted by atomic mass is 16.5. The third kappa shape index (κ3) is 2.95. The second-order valence-electron chi connectivity index (χ2n) is 6.50. The lowest BCUT2D eigenvalue weighted by Gasteiger charge is -2.38. The molecule has 0 bridgehead atoms. The molecule has 0 aromatic carbocycles. The normalized spacial score (nSPS) is 20.0. The first-order valence-electron chi connectivity index (χ1n) is 7.94. The maximum Gasteiger partial charge on any atom is 0.272 e. The van der Waals surface area contributed by atoms with Crippen LogP contribution < -0.4 is 15.4 Å². The van der Waals surface area contributed by atoms with E-state index < -0.39 is 5.60 Å². The summed E-state index contributed by atoms with van der Waals surface area (Å²) in [6.45, 7) is 4.84. The van der Waals surface area contributed by atoms with Crippen LogP contribution in [0.1, 0.15) is 33.1 Å². The minimum Gasteiger partial charge on any atom is -0.474 e. The maximum absolute atomic E-state index is 12.7. The second kappa shape index (κ2) is 5.72. The number of nitrogen functional groups attached to an aromatic ring is 1. The van der Waals surface area contributed by atoms with Gasteiger partial charge < -0.3 is 15.4 Å². The lowest BCUT2D eigenvalue weighted by Crippen LogP contribution is -2.55. The van der Waals surface area contributed by atoms with E-state index in [-0.39, 0.29) is 24.2 Å². The van der Waals surface area contributed by atoms with Crippen molar-refractivity contribution >= 4 is 23.5 Å². The molecule has 124 valence electrons. The summed E-state index contributed by atoms with van der Waals surface area (Å²) in [7, 11) is 0. The summed E-state index contributed by atoms with van der Waals surface area (Å²) >= 11 is 0. The van der Waals surface area contributed by atoms with Gasteiger partial charge in [-0.25, -0.2) is 4.98 Å². The Bertz CT molecular complexity index is 638. The fraction of sp³-hybridized carbons (Fsp3) is 0.562. The number of hydrogen-bond donors (Lipinski definition) is 1. The zero-order valence-electron chi connectivity index (χ0n) is 13.5. The molecule has 7 heteroatoms. The number of piperidine rings is 1. The van der Waals surface area contributed by atoms with Crippen molar-refractivity contribution in [1.82, 2.24) is 9.88 Å². The van der Waals surface area contributed by atoms with Crippen molar-refractivity contribution in [2.75, 3.05) is 30.3 Å². The molecule has 0 saturated carbocycles. The molecule has 2 amide bonds. The van der Waals surface area contributed by atoms with Gasteiger partial charge in [0.15, 0.2) is 17.2 Å². The molecule has 1 aromatic heterocycles. The standard InChI is InChI=1S/C16H22N4O3/c1-16(2)15(22)20(10-13(21)19-8-4-3-5-9-19)14-11(23-16)6-7-12(17)18-14/h6-7H,3-5,8-10H2,1-2H3,(H2,17,18). The Kier molecular flexibility index (Phi) is 3.87. The number of likely N-dealkylation sites (tertiary alicyclic amines) is 1. The number of nitrogens with zero attached hydrogens (tertiary/aromatic N) is 3. The van der Waals surface area contributed by atoms with E-state index in [2.05, 4.69) is 4.98 Å². The van der Waals surface area contributed by atoms with Gasteiger partial charge in [-0.1, -0.05) is 0 Å². The molecule has 2 aliphatic rings. The van der Waals surface area contributed by atoms with Crippen molar-refractivity contribution in [2.45, 2.75) is 38.7 Å². The van der Waals surface area contributed by atoms with Crippen LogP contribution in [0, 0.1) is 0 Å². The number of rotatable bonds is 2. The van der Waals surface area contributed by atoms with E-state index in [4.69, 9.17) is 10.5 Å². The Morgan fingerprint density at radius 2 is 2.00 bits per heavy atom. The van der Waals surface area contributed by atoms with E-state index in [0.29, 0.717) is 11.6 Å². The Morgan fingerprint density at radius 1 is 1.30 bits per heavy atom. The lowest BCUT2D eigenvalue weighted by atomic mass is 10.1. The van der Waals surface area contributed by atoms with Crippen molar-refractivity contribution in [1.29, 1.82) is 0 Å². The minimum absolute atomic E-state index is 0.0327. The molecule has 0 unspecified atom stereocenters. The quantitative estimate of drug-likeness (QED) is 0.884. The van der Waals surface area contributed by atoms with Crippen molar-refractivity contribution in [3.63, 3.8) is 0 Å². The van der Waals surface area contributed by atoms with Gasteiger partial charge in [-0.3, -0.25) is 14.5 Å². The molecular formula is C16H22N4O3. The van der Waals surface area contributed by atoms with E-state index in [1.54, 1.807) is 26.0 Å². The summed E-state index contributed by atoms with van der Waals surface area (Å²) in [5.41, 5.74) is 4.70. The number of amides is 2. The predicted molar refractivity (Wildman–Crippen MR) is 86.1 cm³/mol. The number of hydrogen-bond acceptors (Lipinski definition) is 5. The first-order chi connectivity index (χ1) is 10.9. The van der Waals surface area contributed by atoms with E-state index in [1.165, 1.54) is 4.90 Å². The van der Waals surface area contributed by atoms with Crippen LogP contribution in [-0.4, -0.2) is 46.9 Å². The average Bonchev–Trinajstić information content (AvgIpc) is 2.53. The van der Waals surface area contributed by atoms with Crippen LogP contribution >= 0.6 is 0 Å². The molecule has 0 radical (unpaired) electrons. The summed E-state index contributed by atoms with van der Waals surface area (Å²) in [6.07, 6.45) is 3.17. The van der Waals surface area contributed by atoms with Crippen LogP contribution in [0.5, 0.6) is 5.75 Å². The highest BCUT2D eigenvalue weighted by Crippen LogP contribution is 2.36. The third-order valence-electron chi connectivity index (χ3n) is 4.24. The van der Waals surface area contributed by atoms with Gasteiger partial charge in [-0.15, -0.1) is 0 Å². The van der Waals surface area contributed by atoms with Gasteiger partial charge in [0.25, 0.3) is 5.91 Å². The summed E-state index contributed by atoms with van der Waals surface area (Å²) in [4.78, 5) is 32.6. The van der Waals surface area contributed by atoms with Gasteiger partial charge in [0.05, 0.1) is 0 Å². The van der Waals surface area contributed by atoms with Crippen LogP contribution in [0.2, 0.25) is 0 Å². The molecule has 0 spiro atoms. The predicted octanol–water partition coefficient (Wildman–Crippen LogP) is 1.18. The zero-order chi connectivity index (χ0) is 16.6. The average molecular weight is 318 g/mol. The maximum atomic E-state index is 12.7. The second-order valence-corrected chi connectivity index (χ2v) is 6.50. The van der Waals surface area contributed by atoms with E-state index in [0.717, 1.165) is 32.4 Å². The van der Waals surface area contributed by atoms with Crippen LogP contribution in [0.4, 0.5) is 11.6 Å². The van der Waals surface area contributed by atoms with Gasteiger partial charge in [0.2, 0.25) is 5.91 Å². The highest BCUT2D eigenvalue weighted by molar-refractivity contribution is 6.05. The number of ether oxygens (including phenoxy) is 1. The SMILES string of the molecule is CC1(C)Oc2ccc(N)nc2N(CC(=O)N2CCCCC2)C1=O. The minimum atomic E-state index is -1.03. The Morgan fingerprint density at radius 3 is 2.70 bits per heavy atom. The number of carbonyl (C=O) groups excluding carboxylic acids is 2. The molecule has 3 heterocycles. The topological polar surface area (TPSA) is 88.8 Å². The van der Waals surface area contributed by atoms with Gasteiger partial charge in [0.1, 0.15) is 12.4 Å². The van der Waals surface area contributed by atoms with E-state index >= 15 is 0 Å². The number of aromatic nitrogens is 1. The highest BCUT2D eigenvalue weighted by Gasteiger charge is 2.43. The smallest absolute Gasteiger partial charge is 0.272 e. The molecule has 7 nitrogen and oxygen atoms in total. The van der Waals surface area contributed by atoms with Gasteiger partial charge >= 0.3 is 0 Å². The molecule has 23 heavy (non-hydrogen) atoms. The van der Waals surface area contributed by atoms with Crippen molar-refractivity contribution < 1.29 is 14.3 Å². The summed E-state index contributed by atoms with van der Waals surface area (Å²) in [6, 6.07) is 3.31.